The number of ether oxygens (including phenoxy) is 2. The van der Waals surface area contributed by atoms with Crippen molar-refractivity contribution in [3.05, 3.63) is 53.9 Å². The summed E-state index contributed by atoms with van der Waals surface area (Å²) in [6.07, 6.45) is 9.34. The lowest BCUT2D eigenvalue weighted by molar-refractivity contribution is 0.0555. The van der Waals surface area contributed by atoms with Crippen LogP contribution in [0.4, 0.5) is 0 Å². The van der Waals surface area contributed by atoms with Crippen molar-refractivity contribution in [3.63, 3.8) is 0 Å². The molecule has 1 fully saturated rings. The molecule has 1 aliphatic heterocycles. The van der Waals surface area contributed by atoms with E-state index in [4.69, 9.17) is 15.9 Å². The summed E-state index contributed by atoms with van der Waals surface area (Å²) in [7, 11) is 1.66. The lowest BCUT2D eigenvalue weighted by atomic mass is 9.79. The maximum absolute atomic E-state index is 5.61. The zero-order chi connectivity index (χ0) is 22.5. The summed E-state index contributed by atoms with van der Waals surface area (Å²) in [4.78, 5) is 7.13. The number of nitrogens with one attached hydrogen (secondary N) is 1. The normalized spacial score (nSPS) is 17.8. The van der Waals surface area contributed by atoms with Gasteiger partial charge in [0.15, 0.2) is 11.5 Å². The summed E-state index contributed by atoms with van der Waals surface area (Å²) in [5.41, 5.74) is 2.39. The molecular weight excluding hydrogens is 386 g/mol. The van der Waals surface area contributed by atoms with Gasteiger partial charge in [-0.05, 0) is 70.4 Å². The Morgan fingerprint density at radius 2 is 1.84 bits per heavy atom. The van der Waals surface area contributed by atoms with Crippen molar-refractivity contribution in [2.75, 3.05) is 13.7 Å². The van der Waals surface area contributed by atoms with Crippen LogP contribution in [0.15, 0.2) is 42.6 Å². The summed E-state index contributed by atoms with van der Waals surface area (Å²) >= 11 is 0. The highest BCUT2D eigenvalue weighted by Crippen LogP contribution is 2.34. The summed E-state index contributed by atoms with van der Waals surface area (Å²) < 4.78 is 11.2. The first-order chi connectivity index (χ1) is 14.7. The molecular formula is C26H35N3O2. The van der Waals surface area contributed by atoms with Gasteiger partial charge in [0, 0.05) is 36.4 Å². The van der Waals surface area contributed by atoms with E-state index in [1.807, 2.05) is 18.3 Å². The number of terminal acetylenes is 1. The molecule has 0 bridgehead atoms. The Morgan fingerprint density at radius 1 is 1.10 bits per heavy atom. The fourth-order valence-electron chi connectivity index (χ4n) is 4.82. The summed E-state index contributed by atoms with van der Waals surface area (Å²) in [6.45, 7) is 11.0. The van der Waals surface area contributed by atoms with Crippen molar-refractivity contribution in [2.45, 2.75) is 70.7 Å². The fourth-order valence-corrected chi connectivity index (χ4v) is 4.82. The minimum atomic E-state index is 0.0688. The lowest BCUT2D eigenvalue weighted by Crippen LogP contribution is -2.62. The number of benzene rings is 1. The first kappa shape index (κ1) is 23.1. The molecule has 1 aliphatic rings. The van der Waals surface area contributed by atoms with Gasteiger partial charge in [0.25, 0.3) is 0 Å². The molecule has 0 unspecified atom stereocenters. The highest BCUT2D eigenvalue weighted by molar-refractivity contribution is 5.43. The van der Waals surface area contributed by atoms with Crippen molar-refractivity contribution >= 4 is 0 Å². The van der Waals surface area contributed by atoms with Crippen molar-refractivity contribution in [1.82, 2.24) is 15.2 Å². The van der Waals surface area contributed by atoms with Crippen LogP contribution in [0.5, 0.6) is 11.5 Å². The first-order valence-electron chi connectivity index (χ1n) is 10.9. The molecule has 0 aliphatic carbocycles. The van der Waals surface area contributed by atoms with Crippen LogP contribution in [0.3, 0.4) is 0 Å². The molecule has 31 heavy (non-hydrogen) atoms. The number of nitrogens with zero attached hydrogens (tertiary/aromatic N) is 2. The van der Waals surface area contributed by atoms with Gasteiger partial charge in [-0.1, -0.05) is 18.1 Å². The van der Waals surface area contributed by atoms with E-state index in [0.29, 0.717) is 17.5 Å². The number of aromatic nitrogens is 1. The van der Waals surface area contributed by atoms with Gasteiger partial charge in [-0.15, -0.1) is 6.42 Å². The predicted molar refractivity (Wildman–Crippen MR) is 125 cm³/mol. The summed E-state index contributed by atoms with van der Waals surface area (Å²) in [5, 5.41) is 3.79. The first-order valence-corrected chi connectivity index (χ1v) is 10.9. The maximum Gasteiger partial charge on any atom is 0.162 e. The maximum atomic E-state index is 5.61. The Kier molecular flexibility index (Phi) is 7.25. The minimum Gasteiger partial charge on any atom is -0.493 e. The van der Waals surface area contributed by atoms with Crippen molar-refractivity contribution < 1.29 is 9.47 Å². The van der Waals surface area contributed by atoms with Crippen molar-refractivity contribution in [2.24, 2.45) is 0 Å². The zero-order valence-electron chi connectivity index (χ0n) is 19.4. The van der Waals surface area contributed by atoms with E-state index in [2.05, 4.69) is 73.1 Å². The van der Waals surface area contributed by atoms with Crippen molar-refractivity contribution in [1.29, 1.82) is 0 Å². The highest BCUT2D eigenvalue weighted by Gasteiger charge is 2.40. The quantitative estimate of drug-likeness (QED) is 0.640. The van der Waals surface area contributed by atoms with Gasteiger partial charge in [0.2, 0.25) is 0 Å². The van der Waals surface area contributed by atoms with Gasteiger partial charge < -0.3 is 14.8 Å². The SMILES string of the molecule is C#CCOc1ccc(CN(Cc2ccccn2)C2CC(C)(C)NC(C)(C)C2)cc1OC. The molecule has 1 aromatic carbocycles. The second kappa shape index (κ2) is 9.72. The Bertz CT molecular complexity index is 887. The van der Waals surface area contributed by atoms with Crippen LogP contribution in [0.2, 0.25) is 0 Å². The smallest absolute Gasteiger partial charge is 0.162 e. The number of hydrogen-bond donors (Lipinski definition) is 1. The number of hydrogen-bond acceptors (Lipinski definition) is 5. The number of pyridine rings is 1. The van der Waals surface area contributed by atoms with Crippen LogP contribution in [-0.4, -0.2) is 40.7 Å². The number of piperidine rings is 1. The summed E-state index contributed by atoms with van der Waals surface area (Å²) in [6, 6.07) is 12.6. The molecule has 1 aromatic heterocycles. The van der Waals surface area contributed by atoms with Gasteiger partial charge in [0.05, 0.1) is 12.8 Å². The van der Waals surface area contributed by atoms with Gasteiger partial charge in [-0.25, -0.2) is 0 Å². The molecule has 0 radical (unpaired) electrons. The van der Waals surface area contributed by atoms with Crippen LogP contribution in [-0.2, 0) is 13.1 Å². The predicted octanol–water partition coefficient (Wildman–Crippen LogP) is 4.41. The fraction of sp³-hybridized carbons (Fsp3) is 0.500. The molecule has 5 nitrogen and oxygen atoms in total. The van der Waals surface area contributed by atoms with Gasteiger partial charge in [0.1, 0.15) is 6.61 Å². The van der Waals surface area contributed by atoms with E-state index in [1.165, 1.54) is 5.56 Å². The third kappa shape index (κ3) is 6.46. The third-order valence-electron chi connectivity index (χ3n) is 5.70. The largest absolute Gasteiger partial charge is 0.493 e. The van der Waals surface area contributed by atoms with Crippen LogP contribution in [0.25, 0.3) is 0 Å². The molecule has 2 heterocycles. The van der Waals surface area contributed by atoms with Crippen LogP contribution in [0, 0.1) is 12.3 Å². The van der Waals surface area contributed by atoms with E-state index in [0.717, 1.165) is 31.6 Å². The topological polar surface area (TPSA) is 46.6 Å². The van der Waals surface area contributed by atoms with Crippen LogP contribution < -0.4 is 14.8 Å². The van der Waals surface area contributed by atoms with Gasteiger partial charge >= 0.3 is 0 Å². The third-order valence-corrected chi connectivity index (χ3v) is 5.70. The Morgan fingerprint density at radius 3 is 2.45 bits per heavy atom. The van der Waals surface area contributed by atoms with Crippen LogP contribution >= 0.6 is 0 Å². The lowest BCUT2D eigenvalue weighted by Gasteiger charge is -2.49. The summed E-state index contributed by atoms with van der Waals surface area (Å²) in [5.74, 6) is 3.88. The molecule has 0 saturated carbocycles. The molecule has 3 rings (SSSR count). The Labute approximate surface area is 187 Å². The van der Waals surface area contributed by atoms with Crippen molar-refractivity contribution in [3.8, 4) is 23.8 Å². The molecule has 166 valence electrons. The Balaban J connectivity index is 1.87. The molecule has 0 spiro atoms. The van der Waals surface area contributed by atoms with Gasteiger partial charge in [-0.2, -0.15) is 0 Å². The highest BCUT2D eigenvalue weighted by atomic mass is 16.5. The molecule has 5 heteroatoms. The Hall–Kier alpha value is -2.55. The standard InChI is InChI=1S/C26H35N3O2/c1-7-14-31-23-12-11-20(15-24(23)30-6)18-29(19-21-10-8-9-13-27-21)22-16-25(2,3)28-26(4,5)17-22/h1,8-13,15,22,28H,14,16-19H2,2-6H3. The van der Waals surface area contributed by atoms with E-state index >= 15 is 0 Å². The molecule has 1 N–H and O–H groups in total. The zero-order valence-corrected chi connectivity index (χ0v) is 19.4. The van der Waals surface area contributed by atoms with E-state index in [-0.39, 0.29) is 17.7 Å². The van der Waals surface area contributed by atoms with Crippen LogP contribution in [0.1, 0.15) is 51.8 Å². The van der Waals surface area contributed by atoms with E-state index in [1.54, 1.807) is 7.11 Å². The minimum absolute atomic E-state index is 0.0688. The average Bonchev–Trinajstić information content (AvgIpc) is 2.70. The van der Waals surface area contributed by atoms with E-state index < -0.39 is 0 Å². The average molecular weight is 422 g/mol. The second-order valence-corrected chi connectivity index (χ2v) is 9.66. The van der Waals surface area contributed by atoms with Gasteiger partial charge in [-0.3, -0.25) is 9.88 Å². The molecule has 0 atom stereocenters. The number of methoxy groups -OCH3 is 1. The number of rotatable bonds is 8. The molecule has 2 aromatic rings. The monoisotopic (exact) mass is 421 g/mol. The second-order valence-electron chi connectivity index (χ2n) is 9.66. The van der Waals surface area contributed by atoms with E-state index in [9.17, 15) is 0 Å². The molecule has 0 amide bonds. The molecule has 1 saturated heterocycles.